The highest BCUT2D eigenvalue weighted by molar-refractivity contribution is 7.89. The summed E-state index contributed by atoms with van der Waals surface area (Å²) in [6.07, 6.45) is 1.50. The number of pyridine rings is 1. The van der Waals surface area contributed by atoms with Crippen molar-refractivity contribution in [2.75, 3.05) is 17.6 Å². The number of sulfonamides is 1. The molecule has 0 spiro atoms. The number of aromatic carboxylic acids is 1. The lowest BCUT2D eigenvalue weighted by molar-refractivity contribution is 0.0696. The van der Waals surface area contributed by atoms with E-state index in [0.29, 0.717) is 17.9 Å². The molecule has 0 bridgehead atoms. The standard InChI is InChI=1S/C11H17N3O4S/c1-2-3-9-6-8(11(15)16)7-10(14-9)13-4-5-19(12,17)18/h6-7H,2-5H2,1H3,(H,13,14)(H,15,16)(H2,12,17,18). The minimum atomic E-state index is -3.55. The zero-order valence-electron chi connectivity index (χ0n) is 10.6. The van der Waals surface area contributed by atoms with E-state index in [1.165, 1.54) is 12.1 Å². The van der Waals surface area contributed by atoms with Crippen LogP contribution < -0.4 is 10.5 Å². The molecule has 0 fully saturated rings. The van der Waals surface area contributed by atoms with Crippen molar-refractivity contribution in [1.29, 1.82) is 0 Å². The molecule has 0 saturated heterocycles. The summed E-state index contributed by atoms with van der Waals surface area (Å²) in [5.41, 5.74) is 0.775. The Kier molecular flexibility index (Phi) is 5.25. The lowest BCUT2D eigenvalue weighted by atomic mass is 10.1. The average Bonchev–Trinajstić information content (AvgIpc) is 2.27. The van der Waals surface area contributed by atoms with Crippen molar-refractivity contribution < 1.29 is 18.3 Å². The van der Waals surface area contributed by atoms with Gasteiger partial charge in [0.15, 0.2) is 0 Å². The van der Waals surface area contributed by atoms with Crippen LogP contribution in [0.3, 0.4) is 0 Å². The number of hydrogen-bond acceptors (Lipinski definition) is 5. The summed E-state index contributed by atoms with van der Waals surface area (Å²) in [6, 6.07) is 2.88. The third-order valence-corrected chi connectivity index (χ3v) is 3.10. The summed E-state index contributed by atoms with van der Waals surface area (Å²) in [4.78, 5) is 15.2. The third kappa shape index (κ3) is 5.66. The third-order valence-electron chi connectivity index (χ3n) is 2.32. The molecule has 7 nitrogen and oxygen atoms in total. The Hall–Kier alpha value is -1.67. The average molecular weight is 287 g/mol. The van der Waals surface area contributed by atoms with E-state index >= 15 is 0 Å². The predicted octanol–water partition coefficient (Wildman–Crippen LogP) is 0.433. The van der Waals surface area contributed by atoms with E-state index in [2.05, 4.69) is 10.3 Å². The van der Waals surface area contributed by atoms with Gasteiger partial charge in [-0.25, -0.2) is 23.3 Å². The van der Waals surface area contributed by atoms with E-state index in [1.54, 1.807) is 0 Å². The van der Waals surface area contributed by atoms with E-state index < -0.39 is 16.0 Å². The van der Waals surface area contributed by atoms with Crippen LogP contribution in [0.5, 0.6) is 0 Å². The second-order valence-corrected chi connectivity index (χ2v) is 5.82. The topological polar surface area (TPSA) is 122 Å². The molecule has 0 aliphatic rings. The van der Waals surface area contributed by atoms with E-state index in [4.69, 9.17) is 10.2 Å². The van der Waals surface area contributed by atoms with Gasteiger partial charge in [-0.15, -0.1) is 0 Å². The van der Waals surface area contributed by atoms with Gasteiger partial charge in [-0.3, -0.25) is 0 Å². The minimum Gasteiger partial charge on any atom is -0.478 e. The van der Waals surface area contributed by atoms with Gasteiger partial charge in [0, 0.05) is 12.2 Å². The molecule has 1 heterocycles. The van der Waals surface area contributed by atoms with Crippen molar-refractivity contribution in [3.05, 3.63) is 23.4 Å². The van der Waals surface area contributed by atoms with Gasteiger partial charge in [-0.05, 0) is 18.6 Å². The number of nitrogens with zero attached hydrogens (tertiary/aromatic N) is 1. The molecule has 106 valence electrons. The number of carboxylic acids is 1. The van der Waals surface area contributed by atoms with Crippen LogP contribution in [-0.4, -0.2) is 36.8 Å². The molecule has 0 unspecified atom stereocenters. The molecule has 8 heteroatoms. The summed E-state index contributed by atoms with van der Waals surface area (Å²) in [6.45, 7) is 2.05. The highest BCUT2D eigenvalue weighted by atomic mass is 32.2. The molecule has 0 aliphatic carbocycles. The number of nitrogens with two attached hydrogens (primary N) is 1. The normalized spacial score (nSPS) is 11.3. The van der Waals surface area contributed by atoms with Crippen LogP contribution in [0.15, 0.2) is 12.1 Å². The summed E-state index contributed by atoms with van der Waals surface area (Å²) in [5.74, 6) is -0.948. The lowest BCUT2D eigenvalue weighted by Gasteiger charge is -2.08. The summed E-state index contributed by atoms with van der Waals surface area (Å²) in [5, 5.41) is 16.6. The summed E-state index contributed by atoms with van der Waals surface area (Å²) >= 11 is 0. The van der Waals surface area contributed by atoms with Crippen molar-refractivity contribution in [3.8, 4) is 0 Å². The monoisotopic (exact) mass is 287 g/mol. The zero-order chi connectivity index (χ0) is 14.5. The molecule has 19 heavy (non-hydrogen) atoms. The number of aromatic nitrogens is 1. The van der Waals surface area contributed by atoms with Crippen molar-refractivity contribution in [2.24, 2.45) is 5.14 Å². The van der Waals surface area contributed by atoms with Crippen LogP contribution in [-0.2, 0) is 16.4 Å². The number of hydrogen-bond donors (Lipinski definition) is 3. The van der Waals surface area contributed by atoms with Crippen LogP contribution in [0.1, 0.15) is 29.4 Å². The Morgan fingerprint density at radius 2 is 2.16 bits per heavy atom. The fraction of sp³-hybridized carbons (Fsp3) is 0.455. The minimum absolute atomic E-state index is 0.0838. The molecular formula is C11H17N3O4S. The Balaban J connectivity index is 2.84. The molecule has 1 aromatic heterocycles. The van der Waals surface area contributed by atoms with Crippen LogP contribution >= 0.6 is 0 Å². The number of nitrogens with one attached hydrogen (secondary N) is 1. The fourth-order valence-corrected chi connectivity index (χ4v) is 1.89. The predicted molar refractivity (Wildman–Crippen MR) is 71.7 cm³/mol. The molecule has 0 atom stereocenters. The molecule has 0 aromatic carbocycles. The maximum absolute atomic E-state index is 11.0. The van der Waals surface area contributed by atoms with Gasteiger partial charge in [0.25, 0.3) is 0 Å². The van der Waals surface area contributed by atoms with Gasteiger partial charge < -0.3 is 10.4 Å². The van der Waals surface area contributed by atoms with Crippen LogP contribution in [0.4, 0.5) is 5.82 Å². The molecule has 0 saturated carbocycles. The van der Waals surface area contributed by atoms with Gasteiger partial charge in [-0.1, -0.05) is 13.3 Å². The highest BCUT2D eigenvalue weighted by Gasteiger charge is 2.09. The second kappa shape index (κ2) is 6.48. The van der Waals surface area contributed by atoms with Crippen molar-refractivity contribution >= 4 is 21.8 Å². The number of carbonyl (C=O) groups is 1. The number of rotatable bonds is 7. The molecule has 0 radical (unpaired) electrons. The number of primary sulfonamides is 1. The van der Waals surface area contributed by atoms with Gasteiger partial charge in [0.2, 0.25) is 10.0 Å². The van der Waals surface area contributed by atoms with Gasteiger partial charge in [0.05, 0.1) is 11.3 Å². The maximum Gasteiger partial charge on any atom is 0.335 e. The smallest absolute Gasteiger partial charge is 0.335 e. The zero-order valence-corrected chi connectivity index (χ0v) is 11.4. The van der Waals surface area contributed by atoms with E-state index in [-0.39, 0.29) is 17.9 Å². The van der Waals surface area contributed by atoms with Gasteiger partial charge in [-0.2, -0.15) is 0 Å². The first kappa shape index (κ1) is 15.4. The first-order chi connectivity index (χ1) is 8.81. The van der Waals surface area contributed by atoms with E-state index in [1.807, 2.05) is 6.92 Å². The van der Waals surface area contributed by atoms with E-state index in [9.17, 15) is 13.2 Å². The number of anilines is 1. The molecule has 4 N–H and O–H groups in total. The molecule has 1 rings (SSSR count). The lowest BCUT2D eigenvalue weighted by Crippen LogP contribution is -2.22. The molecule has 1 aromatic rings. The quantitative estimate of drug-likeness (QED) is 0.668. The first-order valence-corrected chi connectivity index (χ1v) is 7.52. The van der Waals surface area contributed by atoms with Crippen LogP contribution in [0.2, 0.25) is 0 Å². The SMILES string of the molecule is CCCc1cc(C(=O)O)cc(NCCS(N)(=O)=O)n1. The Bertz CT molecular complexity index is 557. The van der Waals surface area contributed by atoms with Crippen LogP contribution in [0, 0.1) is 0 Å². The molecule has 0 aliphatic heterocycles. The highest BCUT2D eigenvalue weighted by Crippen LogP contribution is 2.12. The molecular weight excluding hydrogens is 270 g/mol. The van der Waals surface area contributed by atoms with Crippen LogP contribution in [0.25, 0.3) is 0 Å². The summed E-state index contributed by atoms with van der Waals surface area (Å²) in [7, 11) is -3.55. The number of carboxylic acid groups (broad SMARTS) is 1. The maximum atomic E-state index is 11.0. The van der Waals surface area contributed by atoms with Crippen molar-refractivity contribution in [3.63, 3.8) is 0 Å². The summed E-state index contributed by atoms with van der Waals surface area (Å²) < 4.78 is 21.6. The van der Waals surface area contributed by atoms with Gasteiger partial charge in [0.1, 0.15) is 5.82 Å². The number of aryl methyl sites for hydroxylation is 1. The van der Waals surface area contributed by atoms with E-state index in [0.717, 1.165) is 6.42 Å². The van der Waals surface area contributed by atoms with Crippen molar-refractivity contribution in [1.82, 2.24) is 4.98 Å². The fourth-order valence-electron chi connectivity index (χ4n) is 1.51. The van der Waals surface area contributed by atoms with Crippen molar-refractivity contribution in [2.45, 2.75) is 19.8 Å². The Morgan fingerprint density at radius 3 is 2.68 bits per heavy atom. The van der Waals surface area contributed by atoms with Gasteiger partial charge >= 0.3 is 5.97 Å². The first-order valence-electron chi connectivity index (χ1n) is 5.80. The Morgan fingerprint density at radius 1 is 1.47 bits per heavy atom. The largest absolute Gasteiger partial charge is 0.478 e. The Labute approximate surface area is 111 Å². The second-order valence-electron chi connectivity index (χ2n) is 4.08. The molecule has 0 amide bonds.